The molecule has 3 rings (SSSR count). The SMILES string of the molecule is N#C/C(=C\c1cc2c(cc1Br)OCO2)S(=O)(=O)c1ccccc1. The number of ether oxygens (including phenoxy) is 2. The number of nitrogens with zero attached hydrogens (tertiary/aromatic N) is 1. The zero-order valence-electron chi connectivity index (χ0n) is 11.7. The fourth-order valence-corrected chi connectivity index (χ4v) is 3.69. The van der Waals surface area contributed by atoms with E-state index in [0.29, 0.717) is 21.5 Å². The van der Waals surface area contributed by atoms with E-state index in [-0.39, 0.29) is 16.6 Å². The first-order valence-electron chi connectivity index (χ1n) is 6.53. The lowest BCUT2D eigenvalue weighted by Crippen LogP contribution is -2.03. The molecule has 0 bridgehead atoms. The van der Waals surface area contributed by atoms with Crippen LogP contribution in [0.4, 0.5) is 0 Å². The Kier molecular flexibility index (Phi) is 4.11. The largest absolute Gasteiger partial charge is 0.454 e. The number of benzene rings is 2. The van der Waals surface area contributed by atoms with Gasteiger partial charge in [0.25, 0.3) is 0 Å². The highest BCUT2D eigenvalue weighted by molar-refractivity contribution is 9.10. The lowest BCUT2D eigenvalue weighted by Gasteiger charge is -2.05. The summed E-state index contributed by atoms with van der Waals surface area (Å²) in [6.07, 6.45) is 1.31. The molecule has 23 heavy (non-hydrogen) atoms. The number of hydrogen-bond acceptors (Lipinski definition) is 5. The van der Waals surface area contributed by atoms with Crippen molar-refractivity contribution in [1.82, 2.24) is 0 Å². The summed E-state index contributed by atoms with van der Waals surface area (Å²) in [5, 5.41) is 9.30. The van der Waals surface area contributed by atoms with Gasteiger partial charge in [-0.3, -0.25) is 0 Å². The fraction of sp³-hybridized carbons (Fsp3) is 0.0625. The van der Waals surface area contributed by atoms with Crippen LogP contribution in [0.2, 0.25) is 0 Å². The molecule has 0 fully saturated rings. The normalized spacial score (nSPS) is 13.7. The highest BCUT2D eigenvalue weighted by Crippen LogP contribution is 2.38. The molecule has 0 saturated heterocycles. The molecule has 0 unspecified atom stereocenters. The fourth-order valence-electron chi connectivity index (χ4n) is 2.08. The summed E-state index contributed by atoms with van der Waals surface area (Å²) in [6.45, 7) is 0.113. The van der Waals surface area contributed by atoms with Gasteiger partial charge in [0.2, 0.25) is 16.6 Å². The molecule has 0 saturated carbocycles. The van der Waals surface area contributed by atoms with Crippen molar-refractivity contribution in [2.75, 3.05) is 6.79 Å². The van der Waals surface area contributed by atoms with Gasteiger partial charge in [-0.2, -0.15) is 5.26 Å². The van der Waals surface area contributed by atoms with E-state index in [1.165, 1.54) is 18.2 Å². The van der Waals surface area contributed by atoms with Gasteiger partial charge in [-0.1, -0.05) is 34.1 Å². The van der Waals surface area contributed by atoms with E-state index in [1.807, 2.05) is 0 Å². The van der Waals surface area contributed by atoms with Crippen molar-refractivity contribution in [3.63, 3.8) is 0 Å². The maximum absolute atomic E-state index is 12.6. The summed E-state index contributed by atoms with van der Waals surface area (Å²) in [5.41, 5.74) is 0.519. The molecule has 0 aliphatic carbocycles. The monoisotopic (exact) mass is 391 g/mol. The summed E-state index contributed by atoms with van der Waals surface area (Å²) in [4.78, 5) is -0.270. The molecule has 0 amide bonds. The van der Waals surface area contributed by atoms with Crippen LogP contribution in [-0.2, 0) is 9.84 Å². The van der Waals surface area contributed by atoms with Gasteiger partial charge in [0.15, 0.2) is 11.5 Å². The molecule has 0 spiro atoms. The van der Waals surface area contributed by atoms with Crippen molar-refractivity contribution in [3.05, 3.63) is 57.4 Å². The molecule has 7 heteroatoms. The molecule has 0 radical (unpaired) electrons. The Morgan fingerprint density at radius 1 is 1.17 bits per heavy atom. The van der Waals surface area contributed by atoms with Crippen LogP contribution in [0.1, 0.15) is 5.56 Å². The first-order chi connectivity index (χ1) is 11.0. The third-order valence-electron chi connectivity index (χ3n) is 3.23. The van der Waals surface area contributed by atoms with Crippen LogP contribution >= 0.6 is 15.9 Å². The van der Waals surface area contributed by atoms with Crippen molar-refractivity contribution in [3.8, 4) is 17.6 Å². The van der Waals surface area contributed by atoms with E-state index in [1.54, 1.807) is 36.4 Å². The van der Waals surface area contributed by atoms with Crippen molar-refractivity contribution < 1.29 is 17.9 Å². The maximum atomic E-state index is 12.6. The molecule has 5 nitrogen and oxygen atoms in total. The average molecular weight is 392 g/mol. The summed E-state index contributed by atoms with van der Waals surface area (Å²) in [7, 11) is -3.87. The van der Waals surface area contributed by atoms with E-state index in [9.17, 15) is 13.7 Å². The zero-order chi connectivity index (χ0) is 16.4. The van der Waals surface area contributed by atoms with Crippen LogP contribution in [0.5, 0.6) is 11.5 Å². The first-order valence-corrected chi connectivity index (χ1v) is 8.81. The number of nitriles is 1. The minimum absolute atomic E-state index is 0.0738. The van der Waals surface area contributed by atoms with Crippen LogP contribution in [-0.4, -0.2) is 15.2 Å². The summed E-state index contributed by atoms with van der Waals surface area (Å²) < 4.78 is 36.2. The molecule has 1 aliphatic heterocycles. The molecule has 0 N–H and O–H groups in total. The quantitative estimate of drug-likeness (QED) is 0.748. The topological polar surface area (TPSA) is 76.4 Å². The highest BCUT2D eigenvalue weighted by Gasteiger charge is 2.22. The minimum atomic E-state index is -3.87. The van der Waals surface area contributed by atoms with Gasteiger partial charge in [0.1, 0.15) is 11.0 Å². The average Bonchev–Trinajstić information content (AvgIpc) is 3.00. The molecule has 2 aromatic carbocycles. The van der Waals surface area contributed by atoms with E-state index >= 15 is 0 Å². The first kappa shape index (κ1) is 15.6. The molecule has 0 aromatic heterocycles. The second kappa shape index (κ2) is 6.07. The van der Waals surface area contributed by atoms with Gasteiger partial charge < -0.3 is 9.47 Å². The lowest BCUT2D eigenvalue weighted by atomic mass is 10.2. The predicted octanol–water partition coefficient (Wildman–Crippen LogP) is 3.52. The van der Waals surface area contributed by atoms with Gasteiger partial charge in [-0.15, -0.1) is 0 Å². The lowest BCUT2D eigenvalue weighted by molar-refractivity contribution is 0.174. The van der Waals surface area contributed by atoms with Crippen LogP contribution in [0.25, 0.3) is 6.08 Å². The number of hydrogen-bond donors (Lipinski definition) is 0. The summed E-state index contributed by atoms with van der Waals surface area (Å²) >= 11 is 3.35. The number of fused-ring (bicyclic) bond motifs is 1. The molecule has 1 heterocycles. The third-order valence-corrected chi connectivity index (χ3v) is 5.60. The van der Waals surface area contributed by atoms with Crippen molar-refractivity contribution in [2.45, 2.75) is 4.90 Å². The second-order valence-corrected chi connectivity index (χ2v) is 7.44. The van der Waals surface area contributed by atoms with Crippen LogP contribution < -0.4 is 9.47 Å². The Balaban J connectivity index is 2.09. The van der Waals surface area contributed by atoms with Crippen LogP contribution in [0.15, 0.2) is 56.7 Å². The Hall–Kier alpha value is -2.30. The van der Waals surface area contributed by atoms with Crippen molar-refractivity contribution >= 4 is 31.8 Å². The minimum Gasteiger partial charge on any atom is -0.454 e. The van der Waals surface area contributed by atoms with E-state index in [0.717, 1.165) is 0 Å². The van der Waals surface area contributed by atoms with Crippen molar-refractivity contribution in [2.24, 2.45) is 0 Å². The molecule has 116 valence electrons. The molecule has 2 aromatic rings. The second-order valence-electron chi connectivity index (χ2n) is 4.66. The van der Waals surface area contributed by atoms with Crippen molar-refractivity contribution in [1.29, 1.82) is 5.26 Å². The standard InChI is InChI=1S/C16H10BrNO4S/c17-14-8-16-15(21-10-22-16)7-11(14)6-13(9-18)23(19,20)12-4-2-1-3-5-12/h1-8H,10H2/b13-6+. The van der Waals surface area contributed by atoms with Gasteiger partial charge in [-0.25, -0.2) is 8.42 Å². The van der Waals surface area contributed by atoms with E-state index < -0.39 is 9.84 Å². The van der Waals surface area contributed by atoms with E-state index in [4.69, 9.17) is 9.47 Å². The molecule has 0 atom stereocenters. The van der Waals surface area contributed by atoms with Crippen LogP contribution in [0.3, 0.4) is 0 Å². The smallest absolute Gasteiger partial charge is 0.231 e. The number of sulfone groups is 1. The number of rotatable bonds is 3. The molecular weight excluding hydrogens is 382 g/mol. The third kappa shape index (κ3) is 2.96. The number of allylic oxidation sites excluding steroid dienone is 1. The molecule has 1 aliphatic rings. The predicted molar refractivity (Wildman–Crippen MR) is 87.5 cm³/mol. The number of halogens is 1. The Morgan fingerprint density at radius 3 is 2.48 bits per heavy atom. The maximum Gasteiger partial charge on any atom is 0.231 e. The summed E-state index contributed by atoms with van der Waals surface area (Å²) in [6, 6.07) is 12.9. The Bertz CT molecular complexity index is 931. The molecular formula is C16H10BrNO4S. The Morgan fingerprint density at radius 2 is 1.83 bits per heavy atom. The zero-order valence-corrected chi connectivity index (χ0v) is 14.1. The highest BCUT2D eigenvalue weighted by atomic mass is 79.9. The van der Waals surface area contributed by atoms with Gasteiger partial charge >= 0.3 is 0 Å². The van der Waals surface area contributed by atoms with Gasteiger partial charge in [0.05, 0.1) is 4.90 Å². The summed E-state index contributed by atoms with van der Waals surface area (Å²) in [5.74, 6) is 1.08. The Labute approximate surface area is 141 Å². The van der Waals surface area contributed by atoms with E-state index in [2.05, 4.69) is 15.9 Å². The van der Waals surface area contributed by atoms with Gasteiger partial charge in [-0.05, 0) is 35.9 Å². The van der Waals surface area contributed by atoms with Gasteiger partial charge in [0, 0.05) is 4.47 Å². The van der Waals surface area contributed by atoms with Crippen LogP contribution in [0, 0.1) is 11.3 Å².